The van der Waals surface area contributed by atoms with Gasteiger partial charge in [-0.05, 0) is 18.2 Å². The van der Waals surface area contributed by atoms with Crippen LogP contribution in [0.4, 0.5) is 4.39 Å². The summed E-state index contributed by atoms with van der Waals surface area (Å²) in [5, 5.41) is 7.22. The van der Waals surface area contributed by atoms with Crippen molar-refractivity contribution in [2.75, 3.05) is 0 Å². The Labute approximate surface area is 122 Å². The summed E-state index contributed by atoms with van der Waals surface area (Å²) in [5.74, 6) is -0.858. The molecule has 2 aromatic carbocycles. The van der Waals surface area contributed by atoms with Crippen molar-refractivity contribution in [2.45, 2.75) is 11.4 Å². The smallest absolute Gasteiger partial charge is 0.240 e. The zero-order valence-corrected chi connectivity index (χ0v) is 11.8. The summed E-state index contributed by atoms with van der Waals surface area (Å²) in [6.07, 6.45) is 0. The van der Waals surface area contributed by atoms with Crippen LogP contribution >= 0.6 is 0 Å². The van der Waals surface area contributed by atoms with E-state index in [0.717, 1.165) is 6.07 Å². The van der Waals surface area contributed by atoms with Gasteiger partial charge in [0.25, 0.3) is 0 Å². The minimum Gasteiger partial charge on any atom is -0.384 e. The number of hydrogen-bond donors (Lipinski definition) is 3. The van der Waals surface area contributed by atoms with E-state index in [0.29, 0.717) is 0 Å². The van der Waals surface area contributed by atoms with Crippen LogP contribution in [0, 0.1) is 11.2 Å². The van der Waals surface area contributed by atoms with E-state index < -0.39 is 15.8 Å². The number of rotatable bonds is 5. The molecule has 5 nitrogen and oxygen atoms in total. The molecule has 7 heteroatoms. The fourth-order valence-corrected chi connectivity index (χ4v) is 2.74. The van der Waals surface area contributed by atoms with Crippen molar-refractivity contribution in [1.29, 1.82) is 5.41 Å². The van der Waals surface area contributed by atoms with Gasteiger partial charge >= 0.3 is 0 Å². The third-order valence-corrected chi connectivity index (χ3v) is 4.29. The van der Waals surface area contributed by atoms with Crippen LogP contribution in [-0.2, 0) is 16.6 Å². The largest absolute Gasteiger partial charge is 0.384 e. The summed E-state index contributed by atoms with van der Waals surface area (Å²) in [7, 11) is -3.69. The highest BCUT2D eigenvalue weighted by Gasteiger charge is 2.14. The molecule has 110 valence electrons. The number of amidine groups is 1. The van der Waals surface area contributed by atoms with Crippen LogP contribution in [0.15, 0.2) is 53.4 Å². The van der Waals surface area contributed by atoms with Crippen molar-refractivity contribution in [1.82, 2.24) is 4.72 Å². The van der Waals surface area contributed by atoms with Gasteiger partial charge in [-0.25, -0.2) is 17.5 Å². The van der Waals surface area contributed by atoms with Crippen LogP contribution in [-0.4, -0.2) is 14.3 Å². The van der Waals surface area contributed by atoms with Crippen LogP contribution in [0.3, 0.4) is 0 Å². The van der Waals surface area contributed by atoms with Gasteiger partial charge in [-0.15, -0.1) is 0 Å². The zero-order valence-electron chi connectivity index (χ0n) is 11.0. The maximum Gasteiger partial charge on any atom is 0.240 e. The van der Waals surface area contributed by atoms with Crippen LogP contribution < -0.4 is 10.5 Å². The van der Waals surface area contributed by atoms with E-state index in [1.54, 1.807) is 18.2 Å². The SMILES string of the molecule is N=C(N)c1ccc(CNS(=O)(=O)c2ccccc2)c(F)c1. The number of benzene rings is 2. The Hall–Kier alpha value is -2.25. The summed E-state index contributed by atoms with van der Waals surface area (Å²) < 4.78 is 40.1. The standard InChI is InChI=1S/C14H14FN3O2S/c15-13-8-10(14(16)17)6-7-11(13)9-18-21(19,20)12-4-2-1-3-5-12/h1-8,18H,9H2,(H3,16,17). The third-order valence-electron chi connectivity index (χ3n) is 2.87. The molecule has 0 spiro atoms. The van der Waals surface area contributed by atoms with Gasteiger partial charge < -0.3 is 5.73 Å². The van der Waals surface area contributed by atoms with Crippen molar-refractivity contribution in [2.24, 2.45) is 5.73 Å². The predicted molar refractivity (Wildman–Crippen MR) is 77.9 cm³/mol. The molecular formula is C14H14FN3O2S. The lowest BCUT2D eigenvalue weighted by molar-refractivity contribution is 0.574. The van der Waals surface area contributed by atoms with E-state index in [-0.39, 0.29) is 28.4 Å². The quantitative estimate of drug-likeness (QED) is 0.578. The van der Waals surface area contributed by atoms with E-state index in [9.17, 15) is 12.8 Å². The molecule has 0 heterocycles. The van der Waals surface area contributed by atoms with Gasteiger partial charge in [0.05, 0.1) is 4.90 Å². The zero-order chi connectivity index (χ0) is 15.5. The molecule has 0 aliphatic carbocycles. The topological polar surface area (TPSA) is 96.0 Å². The van der Waals surface area contributed by atoms with E-state index >= 15 is 0 Å². The van der Waals surface area contributed by atoms with Gasteiger partial charge in [0, 0.05) is 17.7 Å². The summed E-state index contributed by atoms with van der Waals surface area (Å²) in [5.41, 5.74) is 5.69. The predicted octanol–water partition coefficient (Wildman–Crippen LogP) is 1.59. The molecule has 0 bridgehead atoms. The maximum atomic E-state index is 13.8. The molecule has 0 aromatic heterocycles. The molecule has 0 amide bonds. The van der Waals surface area contributed by atoms with Gasteiger partial charge in [0.2, 0.25) is 10.0 Å². The molecule has 2 rings (SSSR count). The second-order valence-electron chi connectivity index (χ2n) is 4.36. The number of nitrogen functional groups attached to an aromatic ring is 1. The summed E-state index contributed by atoms with van der Waals surface area (Å²) in [6, 6.07) is 11.8. The van der Waals surface area contributed by atoms with Crippen LogP contribution in [0.1, 0.15) is 11.1 Å². The molecule has 4 N–H and O–H groups in total. The van der Waals surface area contributed by atoms with Crippen LogP contribution in [0.5, 0.6) is 0 Å². The number of nitrogens with two attached hydrogens (primary N) is 1. The second kappa shape index (κ2) is 6.02. The molecular weight excluding hydrogens is 293 g/mol. The number of sulfonamides is 1. The average Bonchev–Trinajstić information content (AvgIpc) is 2.46. The number of halogens is 1. The van der Waals surface area contributed by atoms with Crippen molar-refractivity contribution in [3.8, 4) is 0 Å². The minimum atomic E-state index is -3.69. The first-order valence-electron chi connectivity index (χ1n) is 6.08. The van der Waals surface area contributed by atoms with Crippen molar-refractivity contribution >= 4 is 15.9 Å². The normalized spacial score (nSPS) is 11.3. The maximum absolute atomic E-state index is 13.8. The monoisotopic (exact) mass is 307 g/mol. The summed E-state index contributed by atoms with van der Waals surface area (Å²) in [6.45, 7) is -0.179. The van der Waals surface area contributed by atoms with Gasteiger partial charge in [-0.2, -0.15) is 0 Å². The molecule has 0 fully saturated rings. The van der Waals surface area contributed by atoms with Gasteiger partial charge in [0.1, 0.15) is 11.7 Å². The highest BCUT2D eigenvalue weighted by molar-refractivity contribution is 7.89. The Morgan fingerprint density at radius 1 is 1.19 bits per heavy atom. The lowest BCUT2D eigenvalue weighted by Gasteiger charge is -2.08. The molecule has 0 aliphatic rings. The fraction of sp³-hybridized carbons (Fsp3) is 0.0714. The van der Waals surface area contributed by atoms with Crippen molar-refractivity contribution in [3.63, 3.8) is 0 Å². The number of nitrogens with one attached hydrogen (secondary N) is 2. The van der Waals surface area contributed by atoms with E-state index in [2.05, 4.69) is 4.72 Å². The molecule has 0 saturated heterocycles. The molecule has 21 heavy (non-hydrogen) atoms. The molecule has 0 atom stereocenters. The average molecular weight is 307 g/mol. The molecule has 0 unspecified atom stereocenters. The minimum absolute atomic E-state index is 0.116. The van der Waals surface area contributed by atoms with E-state index in [1.165, 1.54) is 24.3 Å². The first-order chi connectivity index (χ1) is 9.90. The Balaban J connectivity index is 2.15. The Kier molecular flexibility index (Phi) is 4.35. The fourth-order valence-electron chi connectivity index (χ4n) is 1.71. The highest BCUT2D eigenvalue weighted by Crippen LogP contribution is 2.12. The Bertz CT molecular complexity index is 761. The van der Waals surface area contributed by atoms with Gasteiger partial charge in [0.15, 0.2) is 0 Å². The summed E-state index contributed by atoms with van der Waals surface area (Å²) >= 11 is 0. The van der Waals surface area contributed by atoms with E-state index in [1.807, 2.05) is 0 Å². The Morgan fingerprint density at radius 2 is 1.86 bits per heavy atom. The Morgan fingerprint density at radius 3 is 2.43 bits per heavy atom. The van der Waals surface area contributed by atoms with Gasteiger partial charge in [-0.3, -0.25) is 5.41 Å². The second-order valence-corrected chi connectivity index (χ2v) is 6.12. The third kappa shape index (κ3) is 3.65. The van der Waals surface area contributed by atoms with Crippen molar-refractivity contribution < 1.29 is 12.8 Å². The molecule has 0 saturated carbocycles. The lowest BCUT2D eigenvalue weighted by atomic mass is 10.1. The van der Waals surface area contributed by atoms with Crippen molar-refractivity contribution in [3.05, 3.63) is 65.5 Å². The molecule has 0 aliphatic heterocycles. The first-order valence-corrected chi connectivity index (χ1v) is 7.56. The lowest BCUT2D eigenvalue weighted by Crippen LogP contribution is -2.24. The van der Waals surface area contributed by atoms with Crippen LogP contribution in [0.25, 0.3) is 0 Å². The number of hydrogen-bond acceptors (Lipinski definition) is 3. The molecule has 0 radical (unpaired) electrons. The molecule has 2 aromatic rings. The van der Waals surface area contributed by atoms with E-state index in [4.69, 9.17) is 11.1 Å². The first kappa shape index (κ1) is 15.1. The highest BCUT2D eigenvalue weighted by atomic mass is 32.2. The van der Waals surface area contributed by atoms with Crippen LogP contribution in [0.2, 0.25) is 0 Å². The van der Waals surface area contributed by atoms with Gasteiger partial charge in [-0.1, -0.05) is 30.3 Å². The summed E-state index contributed by atoms with van der Waals surface area (Å²) in [4.78, 5) is 0.116.